The standard InChI is InChI=1S/C13H19NO4S/c1-7-6-8(2)10(4)12(9(7)3)19(17,18)14-11(5)13(15)16/h6,11,14H,1-5H3,(H,15,16)/p-1/t11-/m1/s1. The SMILES string of the molecule is Cc1cc(C)c(C)c(S(=O)(=O)N[C@H](C)C(=O)[O-])c1C. The van der Waals surface area contributed by atoms with Crippen molar-refractivity contribution in [3.05, 3.63) is 28.3 Å². The molecular weight excluding hydrogens is 266 g/mol. The predicted octanol–water partition coefficient (Wildman–Crippen LogP) is 0.337. The minimum absolute atomic E-state index is 0.151. The van der Waals surface area contributed by atoms with E-state index in [9.17, 15) is 18.3 Å². The van der Waals surface area contributed by atoms with Crippen LogP contribution in [0.4, 0.5) is 0 Å². The van der Waals surface area contributed by atoms with Crippen LogP contribution in [0, 0.1) is 27.7 Å². The molecule has 0 saturated heterocycles. The summed E-state index contributed by atoms with van der Waals surface area (Å²) < 4.78 is 26.7. The van der Waals surface area contributed by atoms with Gasteiger partial charge in [0, 0.05) is 0 Å². The molecule has 0 bridgehead atoms. The van der Waals surface area contributed by atoms with Crippen molar-refractivity contribution in [3.63, 3.8) is 0 Å². The number of aliphatic carboxylic acids is 1. The number of nitrogens with one attached hydrogen (secondary N) is 1. The molecule has 0 spiro atoms. The first-order valence-electron chi connectivity index (χ1n) is 5.88. The van der Waals surface area contributed by atoms with Crippen molar-refractivity contribution >= 4 is 16.0 Å². The van der Waals surface area contributed by atoms with Crippen LogP contribution < -0.4 is 9.83 Å². The molecule has 0 aliphatic rings. The summed E-state index contributed by atoms with van der Waals surface area (Å²) in [6.07, 6.45) is 0. The van der Waals surface area contributed by atoms with E-state index in [1.165, 1.54) is 6.92 Å². The van der Waals surface area contributed by atoms with Crippen molar-refractivity contribution in [1.82, 2.24) is 4.72 Å². The lowest BCUT2D eigenvalue weighted by atomic mass is 10.0. The number of sulfonamides is 1. The fourth-order valence-electron chi connectivity index (χ4n) is 1.92. The minimum atomic E-state index is -3.88. The number of carboxylic acid groups (broad SMARTS) is 1. The number of hydrogen-bond acceptors (Lipinski definition) is 4. The summed E-state index contributed by atoms with van der Waals surface area (Å²) in [7, 11) is -3.88. The minimum Gasteiger partial charge on any atom is -0.548 e. The Labute approximate surface area is 113 Å². The molecular formula is C13H18NO4S-. The Bertz CT molecular complexity index is 594. The van der Waals surface area contributed by atoms with E-state index < -0.39 is 22.0 Å². The maximum atomic E-state index is 12.3. The largest absolute Gasteiger partial charge is 0.548 e. The topological polar surface area (TPSA) is 86.3 Å². The first-order chi connectivity index (χ1) is 8.58. The van der Waals surface area contributed by atoms with Gasteiger partial charge in [0.1, 0.15) is 0 Å². The third-order valence-electron chi connectivity index (χ3n) is 3.25. The van der Waals surface area contributed by atoms with Gasteiger partial charge in [-0.25, -0.2) is 13.1 Å². The lowest BCUT2D eigenvalue weighted by molar-refractivity contribution is -0.307. The van der Waals surface area contributed by atoms with Crippen molar-refractivity contribution < 1.29 is 18.3 Å². The number of carbonyl (C=O) groups excluding carboxylic acids is 1. The van der Waals surface area contributed by atoms with E-state index in [0.717, 1.165) is 11.1 Å². The van der Waals surface area contributed by atoms with Crippen molar-refractivity contribution in [2.75, 3.05) is 0 Å². The first-order valence-corrected chi connectivity index (χ1v) is 7.37. The van der Waals surface area contributed by atoms with Crippen LogP contribution in [0.25, 0.3) is 0 Å². The van der Waals surface area contributed by atoms with Crippen LogP contribution in [0.3, 0.4) is 0 Å². The summed E-state index contributed by atoms with van der Waals surface area (Å²) in [6, 6.07) is 0.635. The average molecular weight is 284 g/mol. The average Bonchev–Trinajstić information content (AvgIpc) is 2.25. The summed E-state index contributed by atoms with van der Waals surface area (Å²) in [4.78, 5) is 10.8. The summed E-state index contributed by atoms with van der Waals surface area (Å²) in [5.41, 5.74) is 2.96. The van der Waals surface area contributed by atoms with Gasteiger partial charge in [0.15, 0.2) is 0 Å². The summed E-state index contributed by atoms with van der Waals surface area (Å²) >= 11 is 0. The third-order valence-corrected chi connectivity index (χ3v) is 5.07. The number of hydrogen-bond donors (Lipinski definition) is 1. The second-order valence-corrected chi connectivity index (χ2v) is 6.40. The van der Waals surface area contributed by atoms with Crippen molar-refractivity contribution in [3.8, 4) is 0 Å². The molecule has 106 valence electrons. The van der Waals surface area contributed by atoms with Gasteiger partial charge in [-0.1, -0.05) is 6.07 Å². The Kier molecular flexibility index (Phi) is 4.37. The molecule has 1 atom stereocenters. The number of benzene rings is 1. The molecule has 0 unspecified atom stereocenters. The fraction of sp³-hybridized carbons (Fsp3) is 0.462. The normalized spacial score (nSPS) is 13.3. The Morgan fingerprint density at radius 2 is 1.58 bits per heavy atom. The van der Waals surface area contributed by atoms with E-state index in [1.54, 1.807) is 13.8 Å². The molecule has 0 fully saturated rings. The Balaban J connectivity index is 3.41. The van der Waals surface area contributed by atoms with E-state index in [4.69, 9.17) is 0 Å². The second-order valence-electron chi connectivity index (χ2n) is 4.75. The molecule has 6 heteroatoms. The lowest BCUT2D eigenvalue weighted by Crippen LogP contribution is -2.46. The van der Waals surface area contributed by atoms with Gasteiger partial charge in [-0.3, -0.25) is 0 Å². The summed E-state index contributed by atoms with van der Waals surface area (Å²) in [5, 5.41) is 10.7. The Hall–Kier alpha value is -1.40. The Morgan fingerprint density at radius 1 is 1.16 bits per heavy atom. The van der Waals surface area contributed by atoms with Gasteiger partial charge in [0.2, 0.25) is 10.0 Å². The molecule has 1 aromatic rings. The molecule has 0 saturated carbocycles. The van der Waals surface area contributed by atoms with Gasteiger partial charge >= 0.3 is 0 Å². The van der Waals surface area contributed by atoms with Gasteiger partial charge in [-0.05, 0) is 56.9 Å². The molecule has 0 heterocycles. The molecule has 19 heavy (non-hydrogen) atoms. The highest BCUT2D eigenvalue weighted by molar-refractivity contribution is 7.89. The van der Waals surface area contributed by atoms with Gasteiger partial charge in [-0.2, -0.15) is 0 Å². The zero-order chi connectivity index (χ0) is 15.0. The van der Waals surface area contributed by atoms with Gasteiger partial charge < -0.3 is 9.90 Å². The molecule has 0 aliphatic carbocycles. The van der Waals surface area contributed by atoms with E-state index in [2.05, 4.69) is 4.72 Å². The molecule has 0 amide bonds. The highest BCUT2D eigenvalue weighted by atomic mass is 32.2. The Morgan fingerprint density at radius 3 is 1.95 bits per heavy atom. The van der Waals surface area contributed by atoms with Crippen LogP contribution >= 0.6 is 0 Å². The number of carboxylic acids is 1. The molecule has 0 radical (unpaired) electrons. The summed E-state index contributed by atoms with van der Waals surface area (Å²) in [6.45, 7) is 8.30. The van der Waals surface area contributed by atoms with E-state index in [1.807, 2.05) is 19.9 Å². The van der Waals surface area contributed by atoms with Crippen molar-refractivity contribution in [1.29, 1.82) is 0 Å². The smallest absolute Gasteiger partial charge is 0.241 e. The van der Waals surface area contributed by atoms with Crippen molar-refractivity contribution in [2.45, 2.75) is 45.6 Å². The zero-order valence-corrected chi connectivity index (χ0v) is 12.5. The zero-order valence-electron chi connectivity index (χ0n) is 11.7. The van der Waals surface area contributed by atoms with E-state index >= 15 is 0 Å². The first kappa shape index (κ1) is 15.7. The third kappa shape index (κ3) is 3.13. The molecule has 5 nitrogen and oxygen atoms in total. The molecule has 1 rings (SSSR count). The molecule has 0 aliphatic heterocycles. The fourth-order valence-corrected chi connectivity index (χ4v) is 3.73. The highest BCUT2D eigenvalue weighted by Gasteiger charge is 2.24. The summed E-state index contributed by atoms with van der Waals surface area (Å²) in [5.74, 6) is -1.46. The monoisotopic (exact) mass is 284 g/mol. The van der Waals surface area contributed by atoms with Crippen LogP contribution in [-0.2, 0) is 14.8 Å². The maximum Gasteiger partial charge on any atom is 0.241 e. The van der Waals surface area contributed by atoms with E-state index in [-0.39, 0.29) is 4.90 Å². The maximum absolute atomic E-state index is 12.3. The van der Waals surface area contributed by atoms with Crippen LogP contribution in [-0.4, -0.2) is 20.4 Å². The quantitative estimate of drug-likeness (QED) is 0.863. The highest BCUT2D eigenvalue weighted by Crippen LogP contribution is 2.25. The van der Waals surface area contributed by atoms with Gasteiger partial charge in [0.05, 0.1) is 16.9 Å². The van der Waals surface area contributed by atoms with Crippen LogP contribution in [0.1, 0.15) is 29.2 Å². The number of rotatable bonds is 4. The number of aryl methyl sites for hydroxylation is 2. The van der Waals surface area contributed by atoms with Gasteiger partial charge in [0.25, 0.3) is 0 Å². The molecule has 1 aromatic carbocycles. The van der Waals surface area contributed by atoms with Gasteiger partial charge in [-0.15, -0.1) is 0 Å². The molecule has 1 N–H and O–H groups in total. The lowest BCUT2D eigenvalue weighted by Gasteiger charge is -2.19. The van der Waals surface area contributed by atoms with Crippen LogP contribution in [0.5, 0.6) is 0 Å². The number of carbonyl (C=O) groups is 1. The van der Waals surface area contributed by atoms with Crippen LogP contribution in [0.15, 0.2) is 11.0 Å². The van der Waals surface area contributed by atoms with Crippen LogP contribution in [0.2, 0.25) is 0 Å². The van der Waals surface area contributed by atoms with E-state index in [0.29, 0.717) is 11.1 Å². The molecule has 0 aromatic heterocycles. The second kappa shape index (κ2) is 5.30. The van der Waals surface area contributed by atoms with Crippen molar-refractivity contribution in [2.24, 2.45) is 0 Å². The predicted molar refractivity (Wildman–Crippen MR) is 70.2 cm³/mol.